The summed E-state index contributed by atoms with van der Waals surface area (Å²) in [6.07, 6.45) is 1.20. The van der Waals surface area contributed by atoms with Crippen LogP contribution in [0.25, 0.3) is 0 Å². The van der Waals surface area contributed by atoms with Gasteiger partial charge in [-0.3, -0.25) is 4.79 Å². The molecule has 1 aromatic carbocycles. The Morgan fingerprint density at radius 3 is 2.89 bits per heavy atom. The van der Waals surface area contributed by atoms with Crippen molar-refractivity contribution >= 4 is 17.6 Å². The van der Waals surface area contributed by atoms with Gasteiger partial charge in [-0.2, -0.15) is 0 Å². The molecule has 96 valence electrons. The van der Waals surface area contributed by atoms with Crippen LogP contribution < -0.4 is 10.6 Å². The zero-order valence-electron chi connectivity index (χ0n) is 10.2. The molecule has 1 fully saturated rings. The normalized spacial score (nSPS) is 19.2. The summed E-state index contributed by atoms with van der Waals surface area (Å²) in [4.78, 5) is 22.2. The lowest BCUT2D eigenvalue weighted by atomic mass is 10.0. The molecule has 1 aromatic rings. The lowest BCUT2D eigenvalue weighted by Crippen LogP contribution is -2.42. The molecule has 0 aliphatic carbocycles. The van der Waals surface area contributed by atoms with Gasteiger partial charge in [0.2, 0.25) is 5.91 Å². The molecule has 2 rings (SSSR count). The van der Waals surface area contributed by atoms with E-state index in [1.165, 1.54) is 0 Å². The predicted molar refractivity (Wildman–Crippen MR) is 67.8 cm³/mol. The monoisotopic (exact) mass is 248 g/mol. The van der Waals surface area contributed by atoms with Crippen molar-refractivity contribution in [1.29, 1.82) is 0 Å². The third kappa shape index (κ3) is 2.80. The number of nitrogens with one attached hydrogen (secondary N) is 2. The number of carboxylic acid groups (broad SMARTS) is 1. The van der Waals surface area contributed by atoms with Crippen molar-refractivity contribution < 1.29 is 14.7 Å². The Bertz CT molecular complexity index is 475. The standard InChI is InChI=1S/C13H16N2O3/c1-8-2-4-10(13(17)18)11(6-8)15-9-3-5-12(16)14-7-9/h2,4,6,9,15H,3,5,7H2,1H3,(H,14,16)(H,17,18). The second-order valence-corrected chi connectivity index (χ2v) is 4.54. The van der Waals surface area contributed by atoms with Gasteiger partial charge in [0, 0.05) is 24.7 Å². The second-order valence-electron chi connectivity index (χ2n) is 4.54. The van der Waals surface area contributed by atoms with E-state index in [2.05, 4.69) is 10.6 Å². The highest BCUT2D eigenvalue weighted by Crippen LogP contribution is 2.20. The lowest BCUT2D eigenvalue weighted by molar-refractivity contribution is -0.122. The first kappa shape index (κ1) is 12.4. The summed E-state index contributed by atoms with van der Waals surface area (Å²) < 4.78 is 0. The Balaban J connectivity index is 2.15. The fourth-order valence-corrected chi connectivity index (χ4v) is 2.04. The van der Waals surface area contributed by atoms with Gasteiger partial charge in [0.05, 0.1) is 5.56 Å². The van der Waals surface area contributed by atoms with E-state index in [1.807, 2.05) is 13.0 Å². The highest BCUT2D eigenvalue weighted by Gasteiger charge is 2.19. The van der Waals surface area contributed by atoms with Gasteiger partial charge in [-0.05, 0) is 31.0 Å². The van der Waals surface area contributed by atoms with Gasteiger partial charge in [0.1, 0.15) is 0 Å². The summed E-state index contributed by atoms with van der Waals surface area (Å²) in [7, 11) is 0. The molecule has 0 aromatic heterocycles. The number of rotatable bonds is 3. The minimum atomic E-state index is -0.947. The Morgan fingerprint density at radius 2 is 2.28 bits per heavy atom. The summed E-state index contributed by atoms with van der Waals surface area (Å²) in [5.74, 6) is -0.895. The van der Waals surface area contributed by atoms with Crippen LogP contribution in [-0.4, -0.2) is 29.6 Å². The van der Waals surface area contributed by atoms with E-state index in [-0.39, 0.29) is 17.5 Å². The predicted octanol–water partition coefficient (Wildman–Crippen LogP) is 1.38. The Hall–Kier alpha value is -2.04. The van der Waals surface area contributed by atoms with Crippen LogP contribution in [0, 0.1) is 6.92 Å². The number of piperidine rings is 1. The van der Waals surface area contributed by atoms with Crippen LogP contribution in [-0.2, 0) is 4.79 Å². The minimum absolute atomic E-state index is 0.0516. The quantitative estimate of drug-likeness (QED) is 0.755. The number of hydrogen-bond acceptors (Lipinski definition) is 3. The molecule has 1 aliphatic rings. The maximum absolute atomic E-state index is 11.1. The SMILES string of the molecule is Cc1ccc(C(=O)O)c(NC2CCC(=O)NC2)c1. The van der Waals surface area contributed by atoms with Gasteiger partial charge in [-0.25, -0.2) is 4.79 Å². The van der Waals surface area contributed by atoms with E-state index in [0.29, 0.717) is 18.7 Å². The number of aromatic carboxylic acids is 1. The average molecular weight is 248 g/mol. The molecule has 18 heavy (non-hydrogen) atoms. The Kier molecular flexibility index (Phi) is 3.50. The zero-order valence-corrected chi connectivity index (χ0v) is 10.2. The van der Waals surface area contributed by atoms with Crippen LogP contribution in [0.15, 0.2) is 18.2 Å². The van der Waals surface area contributed by atoms with E-state index in [9.17, 15) is 9.59 Å². The highest BCUT2D eigenvalue weighted by molar-refractivity contribution is 5.94. The summed E-state index contributed by atoms with van der Waals surface area (Å²) in [5.41, 5.74) is 1.88. The third-order valence-electron chi connectivity index (χ3n) is 3.03. The molecule has 0 saturated carbocycles. The molecule has 5 heteroatoms. The molecule has 1 saturated heterocycles. The summed E-state index contributed by atoms with van der Waals surface area (Å²) in [5, 5.41) is 15.1. The topological polar surface area (TPSA) is 78.4 Å². The number of aryl methyl sites for hydroxylation is 1. The van der Waals surface area contributed by atoms with Crippen LogP contribution in [0.5, 0.6) is 0 Å². The molecule has 1 heterocycles. The van der Waals surface area contributed by atoms with Gasteiger partial charge < -0.3 is 15.7 Å². The van der Waals surface area contributed by atoms with E-state index in [1.54, 1.807) is 12.1 Å². The number of anilines is 1. The molecule has 0 radical (unpaired) electrons. The molecule has 5 nitrogen and oxygen atoms in total. The first-order valence-electron chi connectivity index (χ1n) is 5.93. The van der Waals surface area contributed by atoms with E-state index >= 15 is 0 Å². The zero-order chi connectivity index (χ0) is 13.1. The van der Waals surface area contributed by atoms with Gasteiger partial charge in [-0.15, -0.1) is 0 Å². The van der Waals surface area contributed by atoms with E-state index < -0.39 is 5.97 Å². The number of benzene rings is 1. The minimum Gasteiger partial charge on any atom is -0.478 e. The Labute approximate surface area is 105 Å². The van der Waals surface area contributed by atoms with Crippen molar-refractivity contribution in [2.75, 3.05) is 11.9 Å². The number of amides is 1. The fraction of sp³-hybridized carbons (Fsp3) is 0.385. The van der Waals surface area contributed by atoms with Crippen molar-refractivity contribution in [2.24, 2.45) is 0 Å². The average Bonchev–Trinajstić information content (AvgIpc) is 2.32. The number of carbonyl (C=O) groups is 2. The van der Waals surface area contributed by atoms with Crippen molar-refractivity contribution in [1.82, 2.24) is 5.32 Å². The van der Waals surface area contributed by atoms with E-state index in [4.69, 9.17) is 5.11 Å². The van der Waals surface area contributed by atoms with Crippen LogP contribution in [0.3, 0.4) is 0 Å². The van der Waals surface area contributed by atoms with Crippen molar-refractivity contribution in [3.05, 3.63) is 29.3 Å². The van der Waals surface area contributed by atoms with Crippen LogP contribution in [0.4, 0.5) is 5.69 Å². The van der Waals surface area contributed by atoms with Gasteiger partial charge in [0.15, 0.2) is 0 Å². The molecule has 1 aliphatic heterocycles. The number of hydrogen-bond donors (Lipinski definition) is 3. The van der Waals surface area contributed by atoms with Gasteiger partial charge >= 0.3 is 5.97 Å². The summed E-state index contributed by atoms with van der Waals surface area (Å²) in [6.45, 7) is 2.45. The second kappa shape index (κ2) is 5.08. The number of carboxylic acids is 1. The number of carbonyl (C=O) groups excluding carboxylic acids is 1. The third-order valence-corrected chi connectivity index (χ3v) is 3.03. The molecular weight excluding hydrogens is 232 g/mol. The maximum Gasteiger partial charge on any atom is 0.337 e. The van der Waals surface area contributed by atoms with E-state index in [0.717, 1.165) is 12.0 Å². The molecule has 0 spiro atoms. The maximum atomic E-state index is 11.1. The van der Waals surface area contributed by atoms with Crippen molar-refractivity contribution in [3.8, 4) is 0 Å². The highest BCUT2D eigenvalue weighted by atomic mass is 16.4. The van der Waals surface area contributed by atoms with Gasteiger partial charge in [-0.1, -0.05) is 6.07 Å². The molecule has 0 bridgehead atoms. The Morgan fingerprint density at radius 1 is 1.50 bits per heavy atom. The smallest absolute Gasteiger partial charge is 0.337 e. The molecular formula is C13H16N2O3. The first-order valence-corrected chi connectivity index (χ1v) is 5.93. The summed E-state index contributed by atoms with van der Waals surface area (Å²) in [6, 6.07) is 5.28. The summed E-state index contributed by atoms with van der Waals surface area (Å²) >= 11 is 0. The van der Waals surface area contributed by atoms with Gasteiger partial charge in [0.25, 0.3) is 0 Å². The first-order chi connectivity index (χ1) is 8.56. The largest absolute Gasteiger partial charge is 0.478 e. The van der Waals surface area contributed by atoms with Crippen molar-refractivity contribution in [3.63, 3.8) is 0 Å². The van der Waals surface area contributed by atoms with Crippen LogP contribution in [0.2, 0.25) is 0 Å². The molecule has 1 unspecified atom stereocenters. The lowest BCUT2D eigenvalue weighted by Gasteiger charge is -2.25. The molecule has 1 amide bonds. The van der Waals surface area contributed by atoms with Crippen molar-refractivity contribution in [2.45, 2.75) is 25.8 Å². The fourth-order valence-electron chi connectivity index (χ4n) is 2.04. The van der Waals surface area contributed by atoms with Crippen LogP contribution in [0.1, 0.15) is 28.8 Å². The molecule has 3 N–H and O–H groups in total. The molecule has 1 atom stereocenters. The van der Waals surface area contributed by atoms with Crippen LogP contribution >= 0.6 is 0 Å².